The van der Waals surface area contributed by atoms with Crippen molar-refractivity contribution < 1.29 is 4.79 Å². The predicted octanol–water partition coefficient (Wildman–Crippen LogP) is 3.71. The summed E-state index contributed by atoms with van der Waals surface area (Å²) in [7, 11) is 0. The normalized spacial score (nSPS) is 11.0. The largest absolute Gasteiger partial charge is 0.352 e. The van der Waals surface area contributed by atoms with Crippen LogP contribution in [0.1, 0.15) is 42.7 Å². The van der Waals surface area contributed by atoms with Gasteiger partial charge in [-0.3, -0.25) is 9.78 Å². The number of nitrogens with one attached hydrogen (secondary N) is 1. The predicted molar refractivity (Wildman–Crippen MR) is 82.9 cm³/mol. The number of benzene rings is 1. The summed E-state index contributed by atoms with van der Waals surface area (Å²) in [5.74, 6) is 0.548. The van der Waals surface area contributed by atoms with Gasteiger partial charge in [0.25, 0.3) is 5.91 Å². The van der Waals surface area contributed by atoms with Crippen molar-refractivity contribution in [1.29, 1.82) is 0 Å². The van der Waals surface area contributed by atoms with Crippen LogP contribution >= 0.6 is 0 Å². The summed E-state index contributed by atoms with van der Waals surface area (Å²) in [6, 6.07) is 9.65. The minimum Gasteiger partial charge on any atom is -0.352 e. The molecule has 0 aliphatic heterocycles. The van der Waals surface area contributed by atoms with Crippen molar-refractivity contribution >= 4 is 16.8 Å². The molecule has 3 heteroatoms. The molecule has 0 fully saturated rings. The van der Waals surface area contributed by atoms with Gasteiger partial charge in [-0.2, -0.15) is 0 Å². The fourth-order valence-electron chi connectivity index (χ4n) is 2.41. The molecule has 0 atom stereocenters. The summed E-state index contributed by atoms with van der Waals surface area (Å²) in [5.41, 5.74) is 2.47. The first-order chi connectivity index (χ1) is 9.65. The van der Waals surface area contributed by atoms with Crippen LogP contribution in [0.5, 0.6) is 0 Å². The van der Waals surface area contributed by atoms with Gasteiger partial charge in [-0.05, 0) is 25.0 Å². The van der Waals surface area contributed by atoms with Crippen molar-refractivity contribution in [3.63, 3.8) is 0 Å². The summed E-state index contributed by atoms with van der Waals surface area (Å²) in [4.78, 5) is 16.9. The van der Waals surface area contributed by atoms with Crippen LogP contribution in [0.15, 0.2) is 30.3 Å². The number of aryl methyl sites for hydroxylation is 1. The fraction of sp³-hybridized carbons (Fsp3) is 0.412. The van der Waals surface area contributed by atoms with Crippen LogP contribution in [0.3, 0.4) is 0 Å². The van der Waals surface area contributed by atoms with Crippen molar-refractivity contribution in [3.05, 3.63) is 41.6 Å². The van der Waals surface area contributed by atoms with Gasteiger partial charge in [0.2, 0.25) is 0 Å². The highest BCUT2D eigenvalue weighted by atomic mass is 16.1. The molecule has 1 aromatic carbocycles. The van der Waals surface area contributed by atoms with Crippen LogP contribution in [0.2, 0.25) is 0 Å². The molecule has 1 aromatic heterocycles. The number of hydrogen-bond acceptors (Lipinski definition) is 2. The maximum atomic E-state index is 12.4. The van der Waals surface area contributed by atoms with Crippen LogP contribution in [0.25, 0.3) is 10.9 Å². The number of rotatable bonds is 5. The quantitative estimate of drug-likeness (QED) is 0.900. The lowest BCUT2D eigenvalue weighted by Crippen LogP contribution is -2.29. The molecule has 0 saturated carbocycles. The number of para-hydroxylation sites is 1. The first kappa shape index (κ1) is 14.5. The lowest BCUT2D eigenvalue weighted by Gasteiger charge is -2.14. The minimum atomic E-state index is -0.00130. The summed E-state index contributed by atoms with van der Waals surface area (Å²) in [5, 5.41) is 3.97. The van der Waals surface area contributed by atoms with Gasteiger partial charge in [-0.15, -0.1) is 0 Å². The Kier molecular flexibility index (Phi) is 4.72. The van der Waals surface area contributed by atoms with Crippen molar-refractivity contribution in [2.24, 2.45) is 5.92 Å². The number of nitrogens with zero attached hydrogens (tertiary/aromatic N) is 1. The Morgan fingerprint density at radius 2 is 1.95 bits per heavy atom. The molecule has 0 spiro atoms. The van der Waals surface area contributed by atoms with Gasteiger partial charge in [0.1, 0.15) is 0 Å². The molecule has 0 unspecified atom stereocenters. The third-order valence-corrected chi connectivity index (χ3v) is 3.79. The first-order valence-corrected chi connectivity index (χ1v) is 7.30. The van der Waals surface area contributed by atoms with E-state index in [1.807, 2.05) is 37.3 Å². The summed E-state index contributed by atoms with van der Waals surface area (Å²) in [6.07, 6.45) is 2.18. The van der Waals surface area contributed by atoms with Crippen LogP contribution in [0.4, 0.5) is 0 Å². The van der Waals surface area contributed by atoms with E-state index in [0.29, 0.717) is 5.92 Å². The Hall–Kier alpha value is -1.90. The van der Waals surface area contributed by atoms with Crippen LogP contribution in [0, 0.1) is 12.8 Å². The van der Waals surface area contributed by atoms with E-state index in [1.165, 1.54) is 0 Å². The molecule has 0 radical (unpaired) electrons. The average Bonchev–Trinajstić information content (AvgIpc) is 2.47. The topological polar surface area (TPSA) is 42.0 Å². The molecule has 0 saturated heterocycles. The molecular formula is C17H22N2O. The Balaban J connectivity index is 2.25. The van der Waals surface area contributed by atoms with Crippen LogP contribution in [-0.2, 0) is 0 Å². The molecular weight excluding hydrogens is 248 g/mol. The van der Waals surface area contributed by atoms with E-state index >= 15 is 0 Å². The van der Waals surface area contributed by atoms with Crippen molar-refractivity contribution in [1.82, 2.24) is 10.3 Å². The molecule has 1 N–H and O–H groups in total. The second kappa shape index (κ2) is 6.51. The molecule has 1 heterocycles. The van der Waals surface area contributed by atoms with Crippen molar-refractivity contribution in [3.8, 4) is 0 Å². The maximum absolute atomic E-state index is 12.4. The Morgan fingerprint density at radius 3 is 2.65 bits per heavy atom. The van der Waals surface area contributed by atoms with Crippen LogP contribution in [-0.4, -0.2) is 17.4 Å². The lowest BCUT2D eigenvalue weighted by molar-refractivity contribution is 0.0948. The van der Waals surface area contributed by atoms with E-state index in [9.17, 15) is 4.79 Å². The smallest absolute Gasteiger partial charge is 0.252 e. The summed E-state index contributed by atoms with van der Waals surface area (Å²) in [6.45, 7) is 6.98. The fourth-order valence-corrected chi connectivity index (χ4v) is 2.41. The van der Waals surface area contributed by atoms with E-state index in [-0.39, 0.29) is 5.91 Å². The minimum absolute atomic E-state index is 0.00130. The number of fused-ring (bicyclic) bond motifs is 1. The SMILES string of the molecule is CCC(CC)CNC(=O)c1cc(C)nc2ccccc12. The summed E-state index contributed by atoms with van der Waals surface area (Å²) < 4.78 is 0. The molecule has 2 aromatic rings. The number of amides is 1. The molecule has 2 rings (SSSR count). The van der Waals surface area contributed by atoms with Gasteiger partial charge in [-0.1, -0.05) is 44.9 Å². The molecule has 0 bridgehead atoms. The molecule has 0 aliphatic rings. The highest BCUT2D eigenvalue weighted by molar-refractivity contribution is 6.06. The Labute approximate surface area is 120 Å². The van der Waals surface area contributed by atoms with Crippen molar-refractivity contribution in [2.45, 2.75) is 33.6 Å². The number of aromatic nitrogens is 1. The second-order valence-corrected chi connectivity index (χ2v) is 5.22. The molecule has 20 heavy (non-hydrogen) atoms. The molecule has 3 nitrogen and oxygen atoms in total. The standard InChI is InChI=1S/C17H22N2O/c1-4-13(5-2)11-18-17(20)15-10-12(3)19-16-9-7-6-8-14(15)16/h6-10,13H,4-5,11H2,1-3H3,(H,18,20). The molecule has 1 amide bonds. The number of pyridine rings is 1. The Morgan fingerprint density at radius 1 is 1.25 bits per heavy atom. The van der Waals surface area contributed by atoms with E-state index in [0.717, 1.165) is 41.5 Å². The van der Waals surface area contributed by atoms with Gasteiger partial charge >= 0.3 is 0 Å². The summed E-state index contributed by atoms with van der Waals surface area (Å²) >= 11 is 0. The van der Waals surface area contributed by atoms with Gasteiger partial charge < -0.3 is 5.32 Å². The first-order valence-electron chi connectivity index (χ1n) is 7.30. The highest BCUT2D eigenvalue weighted by Gasteiger charge is 2.13. The van der Waals surface area contributed by atoms with Gasteiger partial charge in [0, 0.05) is 17.6 Å². The zero-order valence-corrected chi connectivity index (χ0v) is 12.4. The van der Waals surface area contributed by atoms with E-state index < -0.39 is 0 Å². The number of hydrogen-bond donors (Lipinski definition) is 1. The number of carbonyl (C=O) groups is 1. The van der Waals surface area contributed by atoms with Gasteiger partial charge in [0.05, 0.1) is 11.1 Å². The molecule has 0 aliphatic carbocycles. The second-order valence-electron chi connectivity index (χ2n) is 5.22. The van der Waals surface area contributed by atoms with Gasteiger partial charge in [-0.25, -0.2) is 0 Å². The average molecular weight is 270 g/mol. The van der Waals surface area contributed by atoms with Gasteiger partial charge in [0.15, 0.2) is 0 Å². The zero-order chi connectivity index (χ0) is 14.5. The number of carbonyl (C=O) groups excluding carboxylic acids is 1. The Bertz CT molecular complexity index is 603. The highest BCUT2D eigenvalue weighted by Crippen LogP contribution is 2.18. The van der Waals surface area contributed by atoms with Crippen molar-refractivity contribution in [2.75, 3.05) is 6.54 Å². The van der Waals surface area contributed by atoms with Crippen LogP contribution < -0.4 is 5.32 Å². The van der Waals surface area contributed by atoms with E-state index in [1.54, 1.807) is 0 Å². The lowest BCUT2D eigenvalue weighted by atomic mass is 10.0. The van der Waals surface area contributed by atoms with E-state index in [2.05, 4.69) is 24.1 Å². The molecule has 106 valence electrons. The third-order valence-electron chi connectivity index (χ3n) is 3.79. The third kappa shape index (κ3) is 3.16. The monoisotopic (exact) mass is 270 g/mol. The zero-order valence-electron chi connectivity index (χ0n) is 12.4. The van der Waals surface area contributed by atoms with E-state index in [4.69, 9.17) is 0 Å². The maximum Gasteiger partial charge on any atom is 0.252 e.